The highest BCUT2D eigenvalue weighted by Gasteiger charge is 2.52. The lowest BCUT2D eigenvalue weighted by Crippen LogP contribution is -2.65. The lowest BCUT2D eigenvalue weighted by Gasteiger charge is -2.50. The van der Waals surface area contributed by atoms with Crippen molar-refractivity contribution < 1.29 is 66.8 Å². The van der Waals surface area contributed by atoms with Crippen molar-refractivity contribution in [2.24, 2.45) is 11.8 Å². The van der Waals surface area contributed by atoms with E-state index in [1.807, 2.05) is 30.3 Å². The number of aromatic nitrogens is 3. The third-order valence-electron chi connectivity index (χ3n) is 16.3. The van der Waals surface area contributed by atoms with Crippen LogP contribution in [0.1, 0.15) is 116 Å². The Morgan fingerprint density at radius 1 is 0.615 bits per heavy atom. The van der Waals surface area contributed by atoms with Crippen LogP contribution in [-0.2, 0) is 78.3 Å². The number of nitrogens with one attached hydrogen (secondary N) is 6. The molecule has 1 spiro atoms. The van der Waals surface area contributed by atoms with Crippen molar-refractivity contribution in [1.29, 1.82) is 0 Å². The molecule has 22 heteroatoms. The Kier molecular flexibility index (Phi) is 21.1. The van der Waals surface area contributed by atoms with Gasteiger partial charge in [0.15, 0.2) is 5.79 Å². The molecule has 22 nitrogen and oxygen atoms in total. The average molecular weight is 1250 g/mol. The second kappa shape index (κ2) is 28.9. The van der Waals surface area contributed by atoms with E-state index in [0.29, 0.717) is 64.2 Å². The lowest BCUT2D eigenvalue weighted by molar-refractivity contribution is -0.317. The predicted molar refractivity (Wildman–Crippen MR) is 341 cm³/mol. The summed E-state index contributed by atoms with van der Waals surface area (Å²) in [5, 5.41) is 16.8. The number of hydrogen-bond acceptors (Lipinski definition) is 14. The SMILES string of the molecule is COC(=O)[C@@H](NC(=O)[C@H](Cc1c[nH]c2ccccc12)NC(=O)CC[C@H]1CCC[C@@H](NC(=O)[C@H](Cc2cn(C(=O)OC(C)(C)C)c3ccccc23)NC(=O)[C@H](Cc2cn(C(=O)OC(C)(C)C)c3ccccc23)NC(=O)OCc2ccccc2)C12OCCCO2)C(C)C. The molecule has 1 aliphatic carbocycles. The molecule has 0 bridgehead atoms. The van der Waals surface area contributed by atoms with E-state index in [1.54, 1.807) is 147 Å². The van der Waals surface area contributed by atoms with Crippen LogP contribution < -0.4 is 26.6 Å². The van der Waals surface area contributed by atoms with Crippen LogP contribution in [-0.4, -0.2) is 130 Å². The smallest absolute Gasteiger partial charge is 0.419 e. The van der Waals surface area contributed by atoms with Gasteiger partial charge in [-0.3, -0.25) is 28.3 Å². The minimum Gasteiger partial charge on any atom is -0.467 e. The number of hydrogen-bond donors (Lipinski definition) is 6. The molecule has 91 heavy (non-hydrogen) atoms. The number of ether oxygens (including phenoxy) is 6. The zero-order chi connectivity index (χ0) is 65.2. The molecule has 0 unspecified atom stereocenters. The van der Waals surface area contributed by atoms with Crippen molar-refractivity contribution in [3.05, 3.63) is 144 Å². The fourth-order valence-electron chi connectivity index (χ4n) is 12.0. The van der Waals surface area contributed by atoms with Gasteiger partial charge in [0.2, 0.25) is 23.6 Å². The number of nitrogens with zero attached hydrogens (tertiary/aromatic N) is 2. The van der Waals surface area contributed by atoms with E-state index in [4.69, 9.17) is 28.4 Å². The standard InChI is InChI=1S/C69H84N8O14/c1-42(2)59(63(82)86-9)75-62(81)52(35-44-38-70-51-27-16-13-24-48(44)51)71-58(78)32-31-47-23-19-30-57(69(47)88-33-20-34-89-69)74-61(80)53(36-45-39-76(65(84)90-67(3,4)5)55-28-17-14-25-49(45)55)72-60(79)54(73-64(83)87-41-43-21-11-10-12-22-43)37-46-40-77(66(85)91-68(6,7)8)56-29-18-15-26-50(46)56/h10-18,21-22,24-29,38-40,42,47,52-54,57,59,70H,19-20,23,30-37,41H2,1-9H3,(H,71,78)(H,72,79)(H,73,83)(H,74,80)(H,75,81)/t47-,52+,53+,54+,57-,59+/m1/s1. The molecule has 4 heterocycles. The normalized spacial score (nSPS) is 17.1. The Labute approximate surface area is 529 Å². The van der Waals surface area contributed by atoms with Gasteiger partial charge in [-0.1, -0.05) is 105 Å². The number of rotatable bonds is 21. The maximum atomic E-state index is 15.6. The van der Waals surface area contributed by atoms with E-state index in [0.717, 1.165) is 16.5 Å². The van der Waals surface area contributed by atoms with Crippen LogP contribution in [0.15, 0.2) is 122 Å². The number of esters is 1. The topological polar surface area (TPSA) is 278 Å². The molecule has 2 fully saturated rings. The summed E-state index contributed by atoms with van der Waals surface area (Å²) in [6.45, 7) is 14.5. The quantitative estimate of drug-likeness (QED) is 0.0289. The summed E-state index contributed by atoms with van der Waals surface area (Å²) in [5.41, 5.74) is 2.62. The van der Waals surface area contributed by atoms with Crippen LogP contribution in [0.4, 0.5) is 14.4 Å². The van der Waals surface area contributed by atoms with Gasteiger partial charge in [0.25, 0.3) is 0 Å². The number of fused-ring (bicyclic) bond motifs is 3. The van der Waals surface area contributed by atoms with Gasteiger partial charge < -0.3 is 60.0 Å². The number of H-pyrrole nitrogens is 1. The van der Waals surface area contributed by atoms with Gasteiger partial charge >= 0.3 is 24.2 Å². The summed E-state index contributed by atoms with van der Waals surface area (Å²) in [6.07, 6.45) is 4.67. The monoisotopic (exact) mass is 1250 g/mol. The van der Waals surface area contributed by atoms with Gasteiger partial charge in [-0.25, -0.2) is 19.2 Å². The van der Waals surface area contributed by atoms with Crippen LogP contribution in [0.25, 0.3) is 32.7 Å². The summed E-state index contributed by atoms with van der Waals surface area (Å²) < 4.78 is 38.3. The molecule has 1 aliphatic heterocycles. The first-order valence-corrected chi connectivity index (χ1v) is 31.1. The molecule has 9 rings (SSSR count). The van der Waals surface area contributed by atoms with Crippen LogP contribution in [0.3, 0.4) is 0 Å². The summed E-state index contributed by atoms with van der Waals surface area (Å²) in [5.74, 6) is -5.26. The highest BCUT2D eigenvalue weighted by molar-refractivity contribution is 5.97. The van der Waals surface area contributed by atoms with Crippen LogP contribution in [0.2, 0.25) is 0 Å². The summed E-state index contributed by atoms with van der Waals surface area (Å²) in [7, 11) is 1.25. The largest absolute Gasteiger partial charge is 0.467 e. The second-order valence-corrected chi connectivity index (χ2v) is 25.7. The maximum absolute atomic E-state index is 15.6. The molecule has 5 amide bonds. The molecule has 1 saturated heterocycles. The maximum Gasteiger partial charge on any atom is 0.419 e. The van der Waals surface area contributed by atoms with Gasteiger partial charge in [-0.15, -0.1) is 0 Å². The number of benzene rings is 4. The van der Waals surface area contributed by atoms with E-state index in [1.165, 1.54) is 16.2 Å². The Morgan fingerprint density at radius 3 is 1.73 bits per heavy atom. The van der Waals surface area contributed by atoms with Crippen molar-refractivity contribution in [3.63, 3.8) is 0 Å². The van der Waals surface area contributed by atoms with E-state index >= 15 is 9.59 Å². The predicted octanol–water partition coefficient (Wildman–Crippen LogP) is 9.45. The van der Waals surface area contributed by atoms with Crippen molar-refractivity contribution in [2.75, 3.05) is 20.3 Å². The number of amides is 5. The highest BCUT2D eigenvalue weighted by atomic mass is 16.7. The first kappa shape index (κ1) is 66.4. The number of carbonyl (C=O) groups is 8. The molecule has 1 saturated carbocycles. The van der Waals surface area contributed by atoms with Gasteiger partial charge in [0.1, 0.15) is 42.0 Å². The molecule has 2 aliphatic rings. The number of carbonyl (C=O) groups excluding carboxylic acids is 8. The Bertz CT molecular complexity index is 3760. The van der Waals surface area contributed by atoms with Crippen molar-refractivity contribution >= 4 is 80.6 Å². The zero-order valence-corrected chi connectivity index (χ0v) is 53.2. The van der Waals surface area contributed by atoms with Crippen LogP contribution in [0, 0.1) is 11.8 Å². The van der Waals surface area contributed by atoms with Crippen molar-refractivity contribution in [3.8, 4) is 0 Å². The van der Waals surface area contributed by atoms with E-state index in [2.05, 4.69) is 31.6 Å². The summed E-state index contributed by atoms with van der Waals surface area (Å²) >= 11 is 0. The second-order valence-electron chi connectivity index (χ2n) is 25.7. The molecule has 3 aromatic heterocycles. The summed E-state index contributed by atoms with van der Waals surface area (Å²) in [4.78, 5) is 117. The Balaban J connectivity index is 1.01. The molecule has 6 N–H and O–H groups in total. The minimum atomic E-state index is -1.44. The lowest BCUT2D eigenvalue weighted by atomic mass is 9.76. The van der Waals surface area contributed by atoms with Gasteiger partial charge in [0.05, 0.1) is 37.4 Å². The van der Waals surface area contributed by atoms with Crippen LogP contribution in [0.5, 0.6) is 0 Å². The molecule has 4 aromatic carbocycles. The number of para-hydroxylation sites is 3. The number of methoxy groups -OCH3 is 1. The molecular weight excluding hydrogens is 1160 g/mol. The Hall–Kier alpha value is -9.02. The molecular formula is C69H84N8O14. The van der Waals surface area contributed by atoms with Crippen molar-refractivity contribution in [1.82, 2.24) is 40.7 Å². The number of aromatic amines is 1. The number of alkyl carbamates (subject to hydrolysis) is 1. The van der Waals surface area contributed by atoms with E-state index in [-0.39, 0.29) is 57.8 Å². The van der Waals surface area contributed by atoms with E-state index < -0.39 is 101 Å². The average Bonchev–Trinajstić information content (AvgIpc) is 1.75. The Morgan fingerprint density at radius 2 is 1.14 bits per heavy atom. The summed E-state index contributed by atoms with van der Waals surface area (Å²) in [6, 6.07) is 25.1. The highest BCUT2D eigenvalue weighted by Crippen LogP contribution is 2.43. The molecule has 7 aromatic rings. The molecule has 484 valence electrons. The fourth-order valence-corrected chi connectivity index (χ4v) is 12.0. The zero-order valence-electron chi connectivity index (χ0n) is 53.2. The first-order chi connectivity index (χ1) is 43.4. The first-order valence-electron chi connectivity index (χ1n) is 31.1. The van der Waals surface area contributed by atoms with E-state index in [9.17, 15) is 28.8 Å². The molecule has 0 radical (unpaired) electrons. The van der Waals surface area contributed by atoms with Crippen molar-refractivity contribution in [2.45, 2.75) is 167 Å². The fraction of sp³-hybridized carbons (Fsp3) is 0.449. The third-order valence-corrected chi connectivity index (χ3v) is 16.3. The third kappa shape index (κ3) is 16.5. The van der Waals surface area contributed by atoms with Gasteiger partial charge in [-0.05, 0) is 114 Å². The molecule has 6 atom stereocenters. The van der Waals surface area contributed by atoms with Gasteiger partial charge in [0, 0.05) is 71.9 Å². The van der Waals surface area contributed by atoms with Gasteiger partial charge in [-0.2, -0.15) is 0 Å². The minimum absolute atomic E-state index is 0.0684. The van der Waals surface area contributed by atoms with Crippen LogP contribution >= 0.6 is 0 Å².